The van der Waals surface area contributed by atoms with Gasteiger partial charge in [-0.3, -0.25) is 9.59 Å². The van der Waals surface area contributed by atoms with Crippen LogP contribution in [-0.2, 0) is 9.59 Å². The third kappa shape index (κ3) is 2.93. The number of fused-ring (bicyclic) bond motifs is 1. The van der Waals surface area contributed by atoms with Crippen LogP contribution in [0.5, 0.6) is 0 Å². The van der Waals surface area contributed by atoms with E-state index in [-0.39, 0.29) is 16.7 Å². The summed E-state index contributed by atoms with van der Waals surface area (Å²) in [7, 11) is 0. The van der Waals surface area contributed by atoms with Gasteiger partial charge in [0.25, 0.3) is 0 Å². The summed E-state index contributed by atoms with van der Waals surface area (Å²) in [6, 6.07) is 5.91. The van der Waals surface area contributed by atoms with Crippen molar-refractivity contribution in [3.8, 4) is 0 Å². The lowest BCUT2D eigenvalue weighted by molar-refractivity contribution is -0.116. The number of benzene rings is 1. The Labute approximate surface area is 119 Å². The van der Waals surface area contributed by atoms with E-state index in [0.717, 1.165) is 15.8 Å². The minimum absolute atomic E-state index is 0.0320. The maximum absolute atomic E-state index is 11.5. The average Bonchev–Trinajstić information content (AvgIpc) is 2.67. The molecule has 0 fully saturated rings. The zero-order chi connectivity index (χ0) is 13.3. The van der Waals surface area contributed by atoms with Gasteiger partial charge in [-0.2, -0.15) is 0 Å². The van der Waals surface area contributed by atoms with Gasteiger partial charge < -0.3 is 0 Å². The predicted octanol–water partition coefficient (Wildman–Crippen LogP) is 2.99. The molecule has 0 N–H and O–H groups in total. The maximum atomic E-state index is 11.5. The number of hydrogen-bond acceptors (Lipinski definition) is 4. The van der Waals surface area contributed by atoms with Crippen LogP contribution in [0.4, 0.5) is 0 Å². The van der Waals surface area contributed by atoms with Crippen molar-refractivity contribution >= 4 is 57.0 Å². The minimum Gasteiger partial charge on any atom is -0.287 e. The first-order valence-corrected chi connectivity index (χ1v) is 7.00. The highest BCUT2D eigenvalue weighted by atomic mass is 32.1. The fourth-order valence-corrected chi connectivity index (χ4v) is 3.19. The summed E-state index contributed by atoms with van der Waals surface area (Å²) < 4.78 is 1.00. The van der Waals surface area contributed by atoms with Gasteiger partial charge in [-0.25, -0.2) is 4.98 Å². The Morgan fingerprint density at radius 1 is 1.39 bits per heavy atom. The van der Waals surface area contributed by atoms with E-state index in [1.807, 2.05) is 25.1 Å². The number of hydrogen-bond donors (Lipinski definition) is 2. The van der Waals surface area contributed by atoms with Crippen LogP contribution in [0.1, 0.15) is 22.9 Å². The van der Waals surface area contributed by atoms with Crippen LogP contribution in [0.15, 0.2) is 18.2 Å². The van der Waals surface area contributed by atoms with Crippen LogP contribution in [0.2, 0.25) is 0 Å². The van der Waals surface area contributed by atoms with Gasteiger partial charge in [-0.1, -0.05) is 6.07 Å². The molecular formula is C12H11NO2S3. The second-order valence-electron chi connectivity index (χ2n) is 4.01. The lowest BCUT2D eigenvalue weighted by atomic mass is 10.1. The van der Waals surface area contributed by atoms with Crippen molar-refractivity contribution in [1.82, 2.24) is 4.98 Å². The zero-order valence-electron chi connectivity index (χ0n) is 9.58. The molecule has 0 amide bonds. The SMILES string of the molecule is Cc1ccc2sc(C(CC(=O)S)C(=O)S)nc2c1. The highest BCUT2D eigenvalue weighted by Crippen LogP contribution is 2.31. The van der Waals surface area contributed by atoms with Crippen molar-refractivity contribution in [1.29, 1.82) is 0 Å². The maximum Gasteiger partial charge on any atom is 0.196 e. The number of thiol groups is 2. The van der Waals surface area contributed by atoms with Gasteiger partial charge in [0.05, 0.1) is 16.1 Å². The number of aromatic nitrogens is 1. The first kappa shape index (κ1) is 13.6. The fourth-order valence-electron chi connectivity index (χ4n) is 1.66. The zero-order valence-corrected chi connectivity index (χ0v) is 12.2. The van der Waals surface area contributed by atoms with Crippen molar-refractivity contribution in [2.24, 2.45) is 0 Å². The Hall–Kier alpha value is -0.850. The second kappa shape index (κ2) is 5.42. The van der Waals surface area contributed by atoms with Crippen LogP contribution in [0, 0.1) is 6.92 Å². The van der Waals surface area contributed by atoms with Crippen molar-refractivity contribution in [2.75, 3.05) is 0 Å². The highest BCUT2D eigenvalue weighted by molar-refractivity contribution is 7.97. The Morgan fingerprint density at radius 2 is 2.11 bits per heavy atom. The summed E-state index contributed by atoms with van der Waals surface area (Å²) in [5, 5.41) is -0.0657. The normalized spacial score (nSPS) is 12.6. The van der Waals surface area contributed by atoms with Crippen LogP contribution >= 0.6 is 36.6 Å². The fraction of sp³-hybridized carbons (Fsp3) is 0.250. The Morgan fingerprint density at radius 3 is 2.72 bits per heavy atom. The van der Waals surface area contributed by atoms with Gasteiger partial charge in [-0.15, -0.1) is 36.6 Å². The van der Waals surface area contributed by atoms with Gasteiger partial charge in [0.2, 0.25) is 0 Å². The van der Waals surface area contributed by atoms with Gasteiger partial charge >= 0.3 is 0 Å². The molecule has 1 heterocycles. The molecule has 1 aromatic heterocycles. The van der Waals surface area contributed by atoms with Crippen molar-refractivity contribution in [3.05, 3.63) is 28.8 Å². The molecule has 0 saturated heterocycles. The molecule has 1 atom stereocenters. The second-order valence-corrected chi connectivity index (χ2v) is 6.01. The monoisotopic (exact) mass is 297 g/mol. The summed E-state index contributed by atoms with van der Waals surface area (Å²) in [6.07, 6.45) is 0.0320. The molecular weight excluding hydrogens is 286 g/mol. The molecule has 1 unspecified atom stereocenters. The first-order chi connectivity index (χ1) is 8.47. The molecule has 6 heteroatoms. The Balaban J connectivity index is 2.44. The molecule has 1 aromatic carbocycles. The molecule has 3 nitrogen and oxygen atoms in total. The van der Waals surface area contributed by atoms with E-state index in [2.05, 4.69) is 30.2 Å². The molecule has 18 heavy (non-hydrogen) atoms. The van der Waals surface area contributed by atoms with Crippen LogP contribution in [-0.4, -0.2) is 15.2 Å². The molecule has 0 spiro atoms. The van der Waals surface area contributed by atoms with Gasteiger partial charge in [0.15, 0.2) is 10.2 Å². The summed E-state index contributed by atoms with van der Waals surface area (Å²) in [5.41, 5.74) is 1.96. The topological polar surface area (TPSA) is 47.0 Å². The van der Waals surface area contributed by atoms with Crippen molar-refractivity contribution < 1.29 is 9.59 Å². The van der Waals surface area contributed by atoms with Crippen LogP contribution in [0.25, 0.3) is 10.2 Å². The molecule has 2 rings (SSSR count). The minimum atomic E-state index is -0.601. The van der Waals surface area contributed by atoms with E-state index in [4.69, 9.17) is 0 Å². The standard InChI is InChI=1S/C12H11NO2S3/c1-6-2-3-9-8(4-6)13-11(18-9)7(12(15)17)5-10(14)16/h2-4,7H,5H2,1H3,(H,14,16)(H,15,17). The third-order valence-electron chi connectivity index (χ3n) is 2.53. The van der Waals surface area contributed by atoms with E-state index in [0.29, 0.717) is 5.01 Å². The molecule has 0 bridgehead atoms. The average molecular weight is 297 g/mol. The van der Waals surface area contributed by atoms with Gasteiger partial charge in [0, 0.05) is 6.42 Å². The van der Waals surface area contributed by atoms with Gasteiger partial charge in [-0.05, 0) is 24.6 Å². The predicted molar refractivity (Wildman–Crippen MR) is 79.7 cm³/mol. The number of rotatable bonds is 4. The Bertz CT molecular complexity index is 621. The van der Waals surface area contributed by atoms with Crippen LogP contribution < -0.4 is 0 Å². The molecule has 94 valence electrons. The number of nitrogens with zero attached hydrogens (tertiary/aromatic N) is 1. The van der Waals surface area contributed by atoms with E-state index >= 15 is 0 Å². The van der Waals surface area contributed by atoms with Gasteiger partial charge in [0.1, 0.15) is 5.01 Å². The van der Waals surface area contributed by atoms with Crippen molar-refractivity contribution in [3.63, 3.8) is 0 Å². The van der Waals surface area contributed by atoms with E-state index < -0.39 is 5.92 Å². The molecule has 0 saturated carbocycles. The summed E-state index contributed by atoms with van der Waals surface area (Å²) >= 11 is 8.95. The molecule has 0 aliphatic rings. The number of aryl methyl sites for hydroxylation is 1. The first-order valence-electron chi connectivity index (χ1n) is 5.29. The van der Waals surface area contributed by atoms with Crippen molar-refractivity contribution in [2.45, 2.75) is 19.3 Å². The van der Waals surface area contributed by atoms with E-state index in [1.165, 1.54) is 11.3 Å². The third-order valence-corrected chi connectivity index (χ3v) is 4.18. The summed E-state index contributed by atoms with van der Waals surface area (Å²) in [6.45, 7) is 1.98. The largest absolute Gasteiger partial charge is 0.287 e. The molecule has 0 aliphatic carbocycles. The van der Waals surface area contributed by atoms with Crippen LogP contribution in [0.3, 0.4) is 0 Å². The highest BCUT2D eigenvalue weighted by Gasteiger charge is 2.23. The summed E-state index contributed by atoms with van der Waals surface area (Å²) in [4.78, 5) is 26.9. The molecule has 0 radical (unpaired) electrons. The quantitative estimate of drug-likeness (QED) is 0.853. The lowest BCUT2D eigenvalue weighted by Crippen LogP contribution is -2.09. The molecule has 2 aromatic rings. The lowest BCUT2D eigenvalue weighted by Gasteiger charge is -2.06. The van der Waals surface area contributed by atoms with E-state index in [1.54, 1.807) is 0 Å². The number of carbonyl (C=O) groups excluding carboxylic acids is 2. The number of carbonyl (C=O) groups is 2. The Kier molecular flexibility index (Phi) is 4.09. The molecule has 0 aliphatic heterocycles. The smallest absolute Gasteiger partial charge is 0.196 e. The summed E-state index contributed by atoms with van der Waals surface area (Å²) in [5.74, 6) is -0.601. The van der Waals surface area contributed by atoms with E-state index in [9.17, 15) is 9.59 Å². The number of thiazole rings is 1.